The Labute approximate surface area is 152 Å². The Hall–Kier alpha value is -2.96. The maximum atomic E-state index is 12.8. The van der Waals surface area contributed by atoms with E-state index >= 15 is 0 Å². The van der Waals surface area contributed by atoms with E-state index in [1.54, 1.807) is 15.9 Å². The lowest BCUT2D eigenvalue weighted by Gasteiger charge is -2.34. The zero-order valence-corrected chi connectivity index (χ0v) is 14.8. The van der Waals surface area contributed by atoms with Gasteiger partial charge in [0, 0.05) is 38.3 Å². The molecular weight excluding hydrogens is 334 g/mol. The molecule has 0 bridgehead atoms. The van der Waals surface area contributed by atoms with Crippen molar-refractivity contribution in [3.63, 3.8) is 0 Å². The van der Waals surface area contributed by atoms with Gasteiger partial charge in [-0.15, -0.1) is 0 Å². The number of amides is 3. The number of hydrogen-bond acceptors (Lipinski definition) is 4. The van der Waals surface area contributed by atoms with E-state index in [2.05, 4.69) is 5.32 Å². The van der Waals surface area contributed by atoms with E-state index in [0.29, 0.717) is 44.0 Å². The first kappa shape index (κ1) is 17.8. The third-order valence-corrected chi connectivity index (χ3v) is 4.26. The Morgan fingerprint density at radius 1 is 1.08 bits per heavy atom. The summed E-state index contributed by atoms with van der Waals surface area (Å²) in [6.45, 7) is 4.72. The lowest BCUT2D eigenvalue weighted by molar-refractivity contribution is 0.0631. The van der Waals surface area contributed by atoms with E-state index in [-0.39, 0.29) is 18.5 Å². The zero-order chi connectivity index (χ0) is 18.4. The van der Waals surface area contributed by atoms with Crippen LogP contribution in [0.15, 0.2) is 47.1 Å². The second kappa shape index (κ2) is 8.42. The SMILES string of the molecule is CCNC(=O)N1CCN(C(=O)c2occc2COc2ccccc2)CC1. The van der Waals surface area contributed by atoms with Crippen LogP contribution in [0.1, 0.15) is 23.0 Å². The van der Waals surface area contributed by atoms with Crippen molar-refractivity contribution in [1.29, 1.82) is 0 Å². The lowest BCUT2D eigenvalue weighted by Crippen LogP contribution is -2.53. The summed E-state index contributed by atoms with van der Waals surface area (Å²) < 4.78 is 11.1. The number of carbonyl (C=O) groups excluding carboxylic acids is 2. The van der Waals surface area contributed by atoms with Gasteiger partial charge in [0.25, 0.3) is 5.91 Å². The highest BCUT2D eigenvalue weighted by Gasteiger charge is 2.27. The molecule has 26 heavy (non-hydrogen) atoms. The number of hydrogen-bond donors (Lipinski definition) is 1. The molecule has 0 aliphatic carbocycles. The molecule has 1 fully saturated rings. The van der Waals surface area contributed by atoms with E-state index in [9.17, 15) is 9.59 Å². The molecule has 138 valence electrons. The molecular formula is C19H23N3O4. The van der Waals surface area contributed by atoms with E-state index in [1.807, 2.05) is 37.3 Å². The van der Waals surface area contributed by atoms with Crippen LogP contribution in [0, 0.1) is 0 Å². The maximum absolute atomic E-state index is 12.8. The molecule has 1 saturated heterocycles. The van der Waals surface area contributed by atoms with Gasteiger partial charge in [-0.25, -0.2) is 4.79 Å². The molecule has 7 nitrogen and oxygen atoms in total. The number of rotatable bonds is 5. The minimum atomic E-state index is -0.169. The number of piperazine rings is 1. The standard InChI is InChI=1S/C19H23N3O4/c1-2-20-19(24)22-11-9-21(10-12-22)18(23)17-15(8-13-25-17)14-26-16-6-4-3-5-7-16/h3-8,13H,2,9-12,14H2,1H3,(H,20,24). The number of nitrogens with zero attached hydrogens (tertiary/aromatic N) is 2. The van der Waals surface area contributed by atoms with Crippen molar-refractivity contribution in [1.82, 2.24) is 15.1 Å². The number of carbonyl (C=O) groups is 2. The van der Waals surface area contributed by atoms with Crippen molar-refractivity contribution >= 4 is 11.9 Å². The number of nitrogens with one attached hydrogen (secondary N) is 1. The average Bonchev–Trinajstić information content (AvgIpc) is 3.15. The molecule has 0 spiro atoms. The average molecular weight is 357 g/mol. The summed E-state index contributed by atoms with van der Waals surface area (Å²) in [6.07, 6.45) is 1.50. The van der Waals surface area contributed by atoms with Crippen LogP contribution in [0.3, 0.4) is 0 Å². The number of ether oxygens (including phenoxy) is 1. The molecule has 1 aromatic heterocycles. The quantitative estimate of drug-likeness (QED) is 0.891. The fourth-order valence-electron chi connectivity index (χ4n) is 2.83. The van der Waals surface area contributed by atoms with Crippen LogP contribution in [0.4, 0.5) is 4.79 Å². The van der Waals surface area contributed by atoms with Crippen LogP contribution in [0.25, 0.3) is 0 Å². The topological polar surface area (TPSA) is 75.0 Å². The first-order valence-electron chi connectivity index (χ1n) is 8.75. The van der Waals surface area contributed by atoms with Crippen molar-refractivity contribution < 1.29 is 18.7 Å². The van der Waals surface area contributed by atoms with Gasteiger partial charge in [-0.2, -0.15) is 0 Å². The first-order valence-corrected chi connectivity index (χ1v) is 8.75. The monoisotopic (exact) mass is 357 g/mol. The van der Waals surface area contributed by atoms with Gasteiger partial charge in [0.15, 0.2) is 5.76 Å². The molecule has 0 saturated carbocycles. The largest absolute Gasteiger partial charge is 0.489 e. The van der Waals surface area contributed by atoms with Gasteiger partial charge in [0.05, 0.1) is 6.26 Å². The molecule has 1 aliphatic heterocycles. The Morgan fingerprint density at radius 3 is 2.46 bits per heavy atom. The molecule has 3 amide bonds. The molecule has 1 aromatic carbocycles. The second-order valence-electron chi connectivity index (χ2n) is 5.99. The van der Waals surface area contributed by atoms with E-state index in [4.69, 9.17) is 9.15 Å². The van der Waals surface area contributed by atoms with Crippen LogP contribution in [-0.2, 0) is 6.61 Å². The molecule has 0 radical (unpaired) electrons. The number of urea groups is 1. The van der Waals surface area contributed by atoms with Gasteiger partial charge in [-0.1, -0.05) is 18.2 Å². The van der Waals surface area contributed by atoms with Crippen molar-refractivity contribution in [3.8, 4) is 5.75 Å². The number of benzene rings is 1. The minimum absolute atomic E-state index is 0.0884. The zero-order valence-electron chi connectivity index (χ0n) is 14.8. The van der Waals surface area contributed by atoms with Crippen molar-refractivity contribution in [2.24, 2.45) is 0 Å². The van der Waals surface area contributed by atoms with Gasteiger partial charge in [0.1, 0.15) is 12.4 Å². The highest BCUT2D eigenvalue weighted by Crippen LogP contribution is 2.18. The van der Waals surface area contributed by atoms with Gasteiger partial charge in [-0.05, 0) is 25.1 Å². The second-order valence-corrected chi connectivity index (χ2v) is 5.99. The maximum Gasteiger partial charge on any atom is 0.317 e. The Bertz CT molecular complexity index is 736. The van der Waals surface area contributed by atoms with Crippen molar-refractivity contribution in [2.45, 2.75) is 13.5 Å². The molecule has 7 heteroatoms. The number of furan rings is 1. The summed E-state index contributed by atoms with van der Waals surface area (Å²) in [5.41, 5.74) is 0.713. The highest BCUT2D eigenvalue weighted by atomic mass is 16.5. The summed E-state index contributed by atoms with van der Waals surface area (Å²) in [7, 11) is 0. The summed E-state index contributed by atoms with van der Waals surface area (Å²) in [6, 6.07) is 11.1. The normalized spacial score (nSPS) is 14.2. The van der Waals surface area contributed by atoms with Crippen molar-refractivity contribution in [3.05, 3.63) is 54.0 Å². The molecule has 0 atom stereocenters. The smallest absolute Gasteiger partial charge is 0.317 e. The van der Waals surface area contributed by atoms with E-state index in [0.717, 1.165) is 5.75 Å². The van der Waals surface area contributed by atoms with E-state index < -0.39 is 0 Å². The fourth-order valence-corrected chi connectivity index (χ4v) is 2.83. The first-order chi connectivity index (χ1) is 12.7. The summed E-state index contributed by atoms with van der Waals surface area (Å²) >= 11 is 0. The van der Waals surface area contributed by atoms with Crippen molar-refractivity contribution in [2.75, 3.05) is 32.7 Å². The third-order valence-electron chi connectivity index (χ3n) is 4.26. The fraction of sp³-hybridized carbons (Fsp3) is 0.368. The van der Waals surface area contributed by atoms with Crippen LogP contribution in [-0.4, -0.2) is 54.5 Å². The van der Waals surface area contributed by atoms with Crippen LogP contribution in [0.5, 0.6) is 5.75 Å². The Balaban J connectivity index is 1.57. The van der Waals surface area contributed by atoms with Crippen LogP contribution in [0.2, 0.25) is 0 Å². The lowest BCUT2D eigenvalue weighted by atomic mass is 10.2. The number of para-hydroxylation sites is 1. The van der Waals surface area contributed by atoms with Gasteiger partial charge in [-0.3, -0.25) is 4.79 Å². The van der Waals surface area contributed by atoms with Gasteiger partial charge >= 0.3 is 6.03 Å². The van der Waals surface area contributed by atoms with Gasteiger partial charge in [0.2, 0.25) is 0 Å². The molecule has 2 heterocycles. The molecule has 1 N–H and O–H groups in total. The molecule has 3 rings (SSSR count). The summed E-state index contributed by atoms with van der Waals surface area (Å²) in [5, 5.41) is 2.78. The van der Waals surface area contributed by atoms with Crippen LogP contribution >= 0.6 is 0 Å². The molecule has 0 unspecified atom stereocenters. The Morgan fingerprint density at radius 2 is 1.77 bits per heavy atom. The third kappa shape index (κ3) is 4.17. The predicted octanol–water partition coefficient (Wildman–Crippen LogP) is 2.35. The summed E-state index contributed by atoms with van der Waals surface area (Å²) in [4.78, 5) is 28.0. The Kier molecular flexibility index (Phi) is 5.78. The molecule has 2 aromatic rings. The van der Waals surface area contributed by atoms with E-state index in [1.165, 1.54) is 6.26 Å². The highest BCUT2D eigenvalue weighted by molar-refractivity contribution is 5.93. The van der Waals surface area contributed by atoms with Crippen LogP contribution < -0.4 is 10.1 Å². The molecule has 1 aliphatic rings. The minimum Gasteiger partial charge on any atom is -0.489 e. The predicted molar refractivity (Wildman–Crippen MR) is 96.0 cm³/mol. The summed E-state index contributed by atoms with van der Waals surface area (Å²) in [5.74, 6) is 0.868. The van der Waals surface area contributed by atoms with Gasteiger partial charge < -0.3 is 24.3 Å².